The topological polar surface area (TPSA) is 66.4 Å². The molecule has 0 heterocycles. The first-order valence-electron chi connectivity index (χ1n) is 5.64. The number of sulfonamides is 1. The Balaban J connectivity index is 2.40. The lowest BCUT2D eigenvalue weighted by Gasteiger charge is -2.22. The molecule has 0 radical (unpaired) electrons. The molecule has 0 bridgehead atoms. The molecule has 1 rings (SSSR count). The van der Waals surface area contributed by atoms with Crippen LogP contribution in [0.5, 0.6) is 0 Å². The zero-order valence-electron chi connectivity index (χ0n) is 9.28. The van der Waals surface area contributed by atoms with E-state index in [2.05, 4.69) is 4.72 Å². The highest BCUT2D eigenvalue weighted by Crippen LogP contribution is 2.24. The van der Waals surface area contributed by atoms with Gasteiger partial charge < -0.3 is 5.11 Å². The van der Waals surface area contributed by atoms with Crippen molar-refractivity contribution in [1.29, 1.82) is 0 Å². The summed E-state index contributed by atoms with van der Waals surface area (Å²) >= 11 is 0. The van der Waals surface area contributed by atoms with Crippen molar-refractivity contribution < 1.29 is 13.5 Å². The lowest BCUT2D eigenvalue weighted by Crippen LogP contribution is -2.38. The molecule has 0 unspecified atom stereocenters. The third kappa shape index (κ3) is 4.95. The summed E-state index contributed by atoms with van der Waals surface area (Å²) < 4.78 is 25.8. The number of rotatable bonds is 5. The first-order chi connectivity index (χ1) is 7.03. The quantitative estimate of drug-likeness (QED) is 0.743. The highest BCUT2D eigenvalue weighted by Gasteiger charge is 2.22. The van der Waals surface area contributed by atoms with E-state index >= 15 is 0 Å². The molecule has 0 amide bonds. The molecule has 0 spiro atoms. The van der Waals surface area contributed by atoms with Gasteiger partial charge in [-0.25, -0.2) is 13.1 Å². The molecule has 1 atom stereocenters. The largest absolute Gasteiger partial charge is 0.395 e. The van der Waals surface area contributed by atoms with Crippen LogP contribution < -0.4 is 4.72 Å². The fraction of sp³-hybridized carbons (Fsp3) is 1.00. The van der Waals surface area contributed by atoms with Crippen LogP contribution in [-0.2, 0) is 10.0 Å². The molecule has 0 saturated heterocycles. The highest BCUT2D eigenvalue weighted by molar-refractivity contribution is 7.89. The third-order valence-corrected chi connectivity index (χ3v) is 4.51. The van der Waals surface area contributed by atoms with Gasteiger partial charge in [-0.3, -0.25) is 0 Å². The predicted octanol–water partition coefficient (Wildman–Crippen LogP) is 0.867. The van der Waals surface area contributed by atoms with Crippen LogP contribution in [0.4, 0.5) is 0 Å². The van der Waals surface area contributed by atoms with Crippen molar-refractivity contribution >= 4 is 10.0 Å². The maximum Gasteiger partial charge on any atom is 0.212 e. The van der Waals surface area contributed by atoms with Gasteiger partial charge in [0.05, 0.1) is 12.4 Å². The molecule has 15 heavy (non-hydrogen) atoms. The molecule has 0 aliphatic heterocycles. The Morgan fingerprint density at radius 3 is 2.47 bits per heavy atom. The van der Waals surface area contributed by atoms with Gasteiger partial charge in [-0.15, -0.1) is 0 Å². The Morgan fingerprint density at radius 1 is 1.33 bits per heavy atom. The summed E-state index contributed by atoms with van der Waals surface area (Å²) in [7, 11) is -3.20. The van der Waals surface area contributed by atoms with Crippen LogP contribution in [0.3, 0.4) is 0 Å². The predicted molar refractivity (Wildman–Crippen MR) is 60.0 cm³/mol. The zero-order chi connectivity index (χ0) is 11.3. The molecule has 1 saturated carbocycles. The molecular formula is C10H21NO3S. The van der Waals surface area contributed by atoms with Crippen molar-refractivity contribution in [3.05, 3.63) is 0 Å². The molecule has 5 heteroatoms. The molecule has 1 aliphatic carbocycles. The molecule has 0 aromatic rings. The minimum Gasteiger partial charge on any atom is -0.395 e. The smallest absolute Gasteiger partial charge is 0.212 e. The second-order valence-corrected chi connectivity index (χ2v) is 6.29. The summed E-state index contributed by atoms with van der Waals surface area (Å²) in [6.07, 6.45) is 5.57. The van der Waals surface area contributed by atoms with Crippen LogP contribution in [0.1, 0.15) is 39.0 Å². The fourth-order valence-electron chi connectivity index (χ4n) is 2.06. The van der Waals surface area contributed by atoms with Gasteiger partial charge in [-0.05, 0) is 25.7 Å². The summed E-state index contributed by atoms with van der Waals surface area (Å²) in [5, 5.41) is 8.78. The van der Waals surface area contributed by atoms with Crippen molar-refractivity contribution in [2.75, 3.05) is 12.4 Å². The highest BCUT2D eigenvalue weighted by atomic mass is 32.2. The Kier molecular flexibility index (Phi) is 5.02. The molecule has 4 nitrogen and oxygen atoms in total. The summed E-state index contributed by atoms with van der Waals surface area (Å²) in [4.78, 5) is 0. The Bertz CT molecular complexity index is 270. The van der Waals surface area contributed by atoms with E-state index in [0.29, 0.717) is 5.92 Å². The number of nitrogens with one attached hydrogen (secondary N) is 1. The minimum absolute atomic E-state index is 0.149. The minimum atomic E-state index is -3.20. The van der Waals surface area contributed by atoms with Crippen LogP contribution in [0.2, 0.25) is 0 Å². The zero-order valence-corrected chi connectivity index (χ0v) is 10.1. The van der Waals surface area contributed by atoms with E-state index in [1.807, 2.05) is 0 Å². The second-order valence-electron chi connectivity index (χ2n) is 4.49. The first-order valence-corrected chi connectivity index (χ1v) is 7.29. The van der Waals surface area contributed by atoms with Gasteiger partial charge >= 0.3 is 0 Å². The first kappa shape index (κ1) is 12.9. The fourth-order valence-corrected chi connectivity index (χ4v) is 3.79. The average molecular weight is 235 g/mol. The van der Waals surface area contributed by atoms with Crippen molar-refractivity contribution in [2.24, 2.45) is 5.92 Å². The van der Waals surface area contributed by atoms with Crippen LogP contribution >= 0.6 is 0 Å². The van der Waals surface area contributed by atoms with E-state index in [1.54, 1.807) is 6.92 Å². The van der Waals surface area contributed by atoms with Crippen LogP contribution in [-0.4, -0.2) is 31.9 Å². The van der Waals surface area contributed by atoms with Crippen LogP contribution in [0.25, 0.3) is 0 Å². The molecule has 1 aliphatic rings. The standard InChI is InChI=1S/C10H21NO3S/c1-9(7-12)11-15(13,14)8-10-5-3-2-4-6-10/h9-12H,2-8H2,1H3/t9-/m0/s1. The molecular weight excluding hydrogens is 214 g/mol. The molecule has 0 aromatic heterocycles. The number of hydrogen-bond acceptors (Lipinski definition) is 3. The lowest BCUT2D eigenvalue weighted by atomic mass is 9.91. The van der Waals surface area contributed by atoms with Gasteiger partial charge in [-0.1, -0.05) is 19.3 Å². The SMILES string of the molecule is C[C@@H](CO)NS(=O)(=O)CC1CCCCC1. The third-order valence-electron chi connectivity index (χ3n) is 2.83. The molecule has 0 aromatic carbocycles. The van der Waals surface area contributed by atoms with E-state index in [-0.39, 0.29) is 18.4 Å². The van der Waals surface area contributed by atoms with Gasteiger partial charge in [0, 0.05) is 6.04 Å². The normalized spacial score (nSPS) is 21.5. The maximum absolute atomic E-state index is 11.6. The number of aliphatic hydroxyl groups is 1. The van der Waals surface area contributed by atoms with E-state index in [4.69, 9.17) is 5.11 Å². The molecule has 1 fully saturated rings. The summed E-state index contributed by atoms with van der Waals surface area (Å²) in [5.41, 5.74) is 0. The van der Waals surface area contributed by atoms with Crippen molar-refractivity contribution in [3.63, 3.8) is 0 Å². The van der Waals surface area contributed by atoms with Crippen LogP contribution in [0.15, 0.2) is 0 Å². The van der Waals surface area contributed by atoms with E-state index in [9.17, 15) is 8.42 Å². The van der Waals surface area contributed by atoms with Crippen molar-refractivity contribution in [3.8, 4) is 0 Å². The number of aliphatic hydroxyl groups excluding tert-OH is 1. The average Bonchev–Trinajstić information content (AvgIpc) is 2.17. The van der Waals surface area contributed by atoms with E-state index in [1.165, 1.54) is 6.42 Å². The van der Waals surface area contributed by atoms with Crippen molar-refractivity contribution in [1.82, 2.24) is 4.72 Å². The number of hydrogen-bond donors (Lipinski definition) is 2. The van der Waals surface area contributed by atoms with Crippen molar-refractivity contribution in [2.45, 2.75) is 45.1 Å². The Morgan fingerprint density at radius 2 is 1.93 bits per heavy atom. The van der Waals surface area contributed by atoms with Gasteiger partial charge in [0.1, 0.15) is 0 Å². The molecule has 90 valence electrons. The Hall–Kier alpha value is -0.130. The maximum atomic E-state index is 11.6. The van der Waals surface area contributed by atoms with E-state index < -0.39 is 10.0 Å². The van der Waals surface area contributed by atoms with Gasteiger partial charge in [0.25, 0.3) is 0 Å². The monoisotopic (exact) mass is 235 g/mol. The van der Waals surface area contributed by atoms with Crippen LogP contribution in [0, 0.1) is 5.92 Å². The lowest BCUT2D eigenvalue weighted by molar-refractivity contribution is 0.264. The summed E-state index contributed by atoms with van der Waals surface area (Å²) in [6.45, 7) is 1.52. The summed E-state index contributed by atoms with van der Waals surface area (Å²) in [6, 6.07) is -0.376. The van der Waals surface area contributed by atoms with Gasteiger partial charge in [-0.2, -0.15) is 0 Å². The second kappa shape index (κ2) is 5.82. The molecule has 2 N–H and O–H groups in total. The summed E-state index contributed by atoms with van der Waals surface area (Å²) in [5.74, 6) is 0.527. The van der Waals surface area contributed by atoms with Gasteiger partial charge in [0.15, 0.2) is 0 Å². The van der Waals surface area contributed by atoms with Gasteiger partial charge in [0.2, 0.25) is 10.0 Å². The Labute approximate surface area is 92.1 Å². The van der Waals surface area contributed by atoms with E-state index in [0.717, 1.165) is 25.7 Å².